The van der Waals surface area contributed by atoms with Gasteiger partial charge < -0.3 is 10.1 Å². The number of nitrogens with zero attached hydrogens (tertiary/aromatic N) is 2. The first-order valence-electron chi connectivity index (χ1n) is 6.11. The van der Waals surface area contributed by atoms with Crippen molar-refractivity contribution in [2.24, 2.45) is 0 Å². The van der Waals surface area contributed by atoms with Gasteiger partial charge in [0.2, 0.25) is 5.13 Å². The molecule has 0 atom stereocenters. The summed E-state index contributed by atoms with van der Waals surface area (Å²) in [5.41, 5.74) is 0.0366. The summed E-state index contributed by atoms with van der Waals surface area (Å²) in [6.07, 6.45) is 3.46. The van der Waals surface area contributed by atoms with Crippen LogP contribution in [0.2, 0.25) is 0 Å². The van der Waals surface area contributed by atoms with E-state index >= 15 is 0 Å². The zero-order chi connectivity index (χ0) is 12.7. The Balaban J connectivity index is 2.21. The third-order valence-corrected chi connectivity index (χ3v) is 3.07. The lowest BCUT2D eigenvalue weighted by Gasteiger charge is -2.12. The summed E-state index contributed by atoms with van der Waals surface area (Å²) in [5.74, 6) is 0.921. The van der Waals surface area contributed by atoms with Crippen LogP contribution in [0, 0.1) is 0 Å². The van der Waals surface area contributed by atoms with E-state index < -0.39 is 0 Å². The van der Waals surface area contributed by atoms with Gasteiger partial charge in [-0.1, -0.05) is 20.8 Å². The summed E-state index contributed by atoms with van der Waals surface area (Å²) in [6, 6.07) is 0. The molecule has 1 aromatic heterocycles. The van der Waals surface area contributed by atoms with Crippen molar-refractivity contribution in [1.82, 2.24) is 9.36 Å². The summed E-state index contributed by atoms with van der Waals surface area (Å²) in [7, 11) is 1.74. The normalized spacial score (nSPS) is 11.8. The molecule has 1 N–H and O–H groups in total. The van der Waals surface area contributed by atoms with Gasteiger partial charge in [-0.2, -0.15) is 4.37 Å². The smallest absolute Gasteiger partial charge is 0.202 e. The van der Waals surface area contributed by atoms with Crippen LogP contribution in [-0.2, 0) is 10.2 Å². The zero-order valence-electron chi connectivity index (χ0n) is 11.2. The molecule has 0 saturated carbocycles. The maximum Gasteiger partial charge on any atom is 0.202 e. The van der Waals surface area contributed by atoms with Gasteiger partial charge in [0, 0.05) is 37.2 Å². The lowest BCUT2D eigenvalue weighted by Crippen LogP contribution is -2.13. The molecule has 0 aromatic carbocycles. The maximum absolute atomic E-state index is 5.01. The van der Waals surface area contributed by atoms with Crippen molar-refractivity contribution in [2.45, 2.75) is 45.4 Å². The Hall–Kier alpha value is -0.680. The number of unbranched alkanes of at least 4 members (excludes halogenated alkanes) is 2. The third-order valence-electron chi connectivity index (χ3n) is 2.40. The molecule has 0 aliphatic heterocycles. The van der Waals surface area contributed by atoms with E-state index in [1.54, 1.807) is 7.11 Å². The van der Waals surface area contributed by atoms with Gasteiger partial charge in [-0.3, -0.25) is 0 Å². The van der Waals surface area contributed by atoms with Crippen LogP contribution >= 0.6 is 11.5 Å². The minimum Gasteiger partial charge on any atom is -0.385 e. The Morgan fingerprint density at radius 3 is 2.59 bits per heavy atom. The summed E-state index contributed by atoms with van der Waals surface area (Å²) in [4.78, 5) is 4.49. The zero-order valence-corrected chi connectivity index (χ0v) is 12.1. The van der Waals surface area contributed by atoms with Crippen molar-refractivity contribution < 1.29 is 4.74 Å². The SMILES string of the molecule is COCCCCCNc1nc(C(C)(C)C)ns1. The van der Waals surface area contributed by atoms with Gasteiger partial charge in [-0.15, -0.1) is 0 Å². The average Bonchev–Trinajstić information content (AvgIpc) is 2.71. The fraction of sp³-hybridized carbons (Fsp3) is 0.833. The Morgan fingerprint density at radius 2 is 2.00 bits per heavy atom. The van der Waals surface area contributed by atoms with Gasteiger partial charge in [0.1, 0.15) is 5.82 Å². The van der Waals surface area contributed by atoms with Gasteiger partial charge in [-0.05, 0) is 19.3 Å². The largest absolute Gasteiger partial charge is 0.385 e. The van der Waals surface area contributed by atoms with Crippen LogP contribution in [0.15, 0.2) is 0 Å². The predicted molar refractivity (Wildman–Crippen MR) is 72.8 cm³/mol. The van der Waals surface area contributed by atoms with Crippen molar-refractivity contribution in [3.05, 3.63) is 5.82 Å². The minimum atomic E-state index is 0.0366. The fourth-order valence-corrected chi connectivity index (χ4v) is 2.12. The molecule has 1 heterocycles. The highest BCUT2D eigenvalue weighted by atomic mass is 32.1. The lowest BCUT2D eigenvalue weighted by molar-refractivity contribution is 0.192. The molecule has 0 saturated heterocycles. The summed E-state index contributed by atoms with van der Waals surface area (Å²) < 4.78 is 9.37. The highest BCUT2D eigenvalue weighted by Gasteiger charge is 2.19. The topological polar surface area (TPSA) is 47.0 Å². The molecule has 0 aliphatic carbocycles. The first-order valence-corrected chi connectivity index (χ1v) is 6.88. The number of hydrogen-bond donors (Lipinski definition) is 1. The summed E-state index contributed by atoms with van der Waals surface area (Å²) >= 11 is 1.45. The average molecular weight is 257 g/mol. The van der Waals surface area contributed by atoms with Gasteiger partial charge in [0.25, 0.3) is 0 Å². The highest BCUT2D eigenvalue weighted by Crippen LogP contribution is 2.22. The van der Waals surface area contributed by atoms with E-state index in [0.29, 0.717) is 0 Å². The Morgan fingerprint density at radius 1 is 1.24 bits per heavy atom. The van der Waals surface area contributed by atoms with E-state index in [0.717, 1.165) is 36.9 Å². The van der Waals surface area contributed by atoms with Gasteiger partial charge in [0.05, 0.1) is 0 Å². The van der Waals surface area contributed by atoms with E-state index in [4.69, 9.17) is 4.74 Å². The maximum atomic E-state index is 5.01. The van der Waals surface area contributed by atoms with Gasteiger partial charge >= 0.3 is 0 Å². The standard InChI is InChI=1S/C12H23N3OS/c1-12(2,3)10-14-11(17-15-10)13-8-6-5-7-9-16-4/h5-9H2,1-4H3,(H,13,14,15). The fourth-order valence-electron chi connectivity index (χ4n) is 1.34. The van der Waals surface area contributed by atoms with Crippen molar-refractivity contribution in [2.75, 3.05) is 25.6 Å². The molecule has 0 unspecified atom stereocenters. The molecule has 4 nitrogen and oxygen atoms in total. The monoisotopic (exact) mass is 257 g/mol. The number of aromatic nitrogens is 2. The molecule has 17 heavy (non-hydrogen) atoms. The second-order valence-corrected chi connectivity index (χ2v) is 5.91. The van der Waals surface area contributed by atoms with Crippen LogP contribution < -0.4 is 5.32 Å². The molecule has 0 spiro atoms. The first-order chi connectivity index (χ1) is 8.04. The number of ether oxygens (including phenoxy) is 1. The van der Waals surface area contributed by atoms with Crippen LogP contribution in [-0.4, -0.2) is 29.6 Å². The summed E-state index contributed by atoms with van der Waals surface area (Å²) in [5, 5.41) is 4.25. The number of anilines is 1. The molecular weight excluding hydrogens is 234 g/mol. The minimum absolute atomic E-state index is 0.0366. The second-order valence-electron chi connectivity index (χ2n) is 5.15. The molecule has 1 aromatic rings. The summed E-state index contributed by atoms with van der Waals surface area (Å²) in [6.45, 7) is 8.20. The van der Waals surface area contributed by atoms with E-state index in [1.165, 1.54) is 18.0 Å². The van der Waals surface area contributed by atoms with Crippen LogP contribution in [0.3, 0.4) is 0 Å². The number of nitrogens with one attached hydrogen (secondary N) is 1. The van der Waals surface area contributed by atoms with E-state index in [-0.39, 0.29) is 5.41 Å². The molecule has 1 rings (SSSR count). The van der Waals surface area contributed by atoms with E-state index in [2.05, 4.69) is 35.4 Å². The molecule has 0 bridgehead atoms. The molecule has 98 valence electrons. The van der Waals surface area contributed by atoms with Gasteiger partial charge in [-0.25, -0.2) is 4.98 Å². The third kappa shape index (κ3) is 5.46. The van der Waals surface area contributed by atoms with Crippen molar-refractivity contribution in [3.63, 3.8) is 0 Å². The Bertz CT molecular complexity index is 320. The van der Waals surface area contributed by atoms with Crippen LogP contribution in [0.4, 0.5) is 5.13 Å². The second kappa shape index (κ2) is 6.91. The number of methoxy groups -OCH3 is 1. The molecule has 0 amide bonds. The van der Waals surface area contributed by atoms with Crippen molar-refractivity contribution >= 4 is 16.7 Å². The van der Waals surface area contributed by atoms with E-state index in [9.17, 15) is 0 Å². The van der Waals surface area contributed by atoms with Crippen molar-refractivity contribution in [1.29, 1.82) is 0 Å². The Labute approximate surface area is 108 Å². The van der Waals surface area contributed by atoms with Crippen LogP contribution in [0.25, 0.3) is 0 Å². The quantitative estimate of drug-likeness (QED) is 0.763. The molecule has 5 heteroatoms. The first kappa shape index (κ1) is 14.4. The number of rotatable bonds is 7. The Kier molecular flexibility index (Phi) is 5.85. The lowest BCUT2D eigenvalue weighted by atomic mass is 9.96. The molecular formula is C12H23N3OS. The van der Waals surface area contributed by atoms with Crippen molar-refractivity contribution in [3.8, 4) is 0 Å². The van der Waals surface area contributed by atoms with E-state index in [1.807, 2.05) is 0 Å². The molecule has 0 aliphatic rings. The molecule has 0 fully saturated rings. The van der Waals surface area contributed by atoms with Crippen LogP contribution in [0.5, 0.6) is 0 Å². The highest BCUT2D eigenvalue weighted by molar-refractivity contribution is 7.09. The molecule has 0 radical (unpaired) electrons. The predicted octanol–water partition coefficient (Wildman–Crippen LogP) is 3.06. The van der Waals surface area contributed by atoms with Crippen LogP contribution in [0.1, 0.15) is 45.9 Å². The number of hydrogen-bond acceptors (Lipinski definition) is 5. The van der Waals surface area contributed by atoms with Gasteiger partial charge in [0.15, 0.2) is 0 Å².